The fraction of sp³-hybridized carbons (Fsp3) is 0.556. The molecule has 1 aromatic rings. The van der Waals surface area contributed by atoms with Gasteiger partial charge in [-0.15, -0.1) is 0 Å². The van der Waals surface area contributed by atoms with E-state index in [4.69, 9.17) is 13.3 Å². The lowest BCUT2D eigenvalue weighted by Crippen LogP contribution is -2.48. The quantitative estimate of drug-likeness (QED) is 0.444. The first-order valence-electron chi connectivity index (χ1n) is 8.25. The SMILES string of the molecule is CCO[Si](OCC)(OCC)/C(=C/C(C)(C)C)Sc1ccccc1. The van der Waals surface area contributed by atoms with Gasteiger partial charge in [0.15, 0.2) is 0 Å². The minimum absolute atomic E-state index is 0.0146. The molecule has 130 valence electrons. The summed E-state index contributed by atoms with van der Waals surface area (Å²) in [6.07, 6.45) is 2.23. The van der Waals surface area contributed by atoms with E-state index in [9.17, 15) is 0 Å². The second-order valence-electron chi connectivity index (χ2n) is 6.14. The van der Waals surface area contributed by atoms with Crippen LogP contribution in [0.25, 0.3) is 0 Å². The van der Waals surface area contributed by atoms with Gasteiger partial charge in [0.05, 0.1) is 4.53 Å². The fourth-order valence-electron chi connectivity index (χ4n) is 2.10. The molecule has 23 heavy (non-hydrogen) atoms. The maximum absolute atomic E-state index is 6.10. The van der Waals surface area contributed by atoms with E-state index >= 15 is 0 Å². The molecule has 0 unspecified atom stereocenters. The Bertz CT molecular complexity index is 466. The molecule has 1 rings (SSSR count). The van der Waals surface area contributed by atoms with Crippen LogP contribution in [0, 0.1) is 5.41 Å². The molecule has 0 N–H and O–H groups in total. The second-order valence-corrected chi connectivity index (χ2v) is 10.1. The van der Waals surface area contributed by atoms with Gasteiger partial charge in [-0.1, -0.05) is 56.8 Å². The van der Waals surface area contributed by atoms with Gasteiger partial charge in [-0.25, -0.2) is 0 Å². The molecule has 0 spiro atoms. The predicted molar refractivity (Wildman–Crippen MR) is 100 cm³/mol. The number of hydrogen-bond acceptors (Lipinski definition) is 4. The van der Waals surface area contributed by atoms with Crippen molar-refractivity contribution < 1.29 is 13.3 Å². The zero-order valence-corrected chi connectivity index (χ0v) is 17.0. The lowest BCUT2D eigenvalue weighted by Gasteiger charge is -2.31. The van der Waals surface area contributed by atoms with Crippen LogP contribution in [0.5, 0.6) is 0 Å². The van der Waals surface area contributed by atoms with E-state index in [1.807, 2.05) is 39.0 Å². The molecule has 1 aromatic carbocycles. The van der Waals surface area contributed by atoms with Crippen molar-refractivity contribution in [3.63, 3.8) is 0 Å². The van der Waals surface area contributed by atoms with Crippen molar-refractivity contribution in [1.82, 2.24) is 0 Å². The van der Waals surface area contributed by atoms with Crippen LogP contribution in [0.3, 0.4) is 0 Å². The van der Waals surface area contributed by atoms with Crippen molar-refractivity contribution >= 4 is 20.6 Å². The Labute approximate surface area is 146 Å². The molecular formula is C18H30O3SSi. The molecule has 0 aromatic heterocycles. The van der Waals surface area contributed by atoms with Crippen LogP contribution >= 0.6 is 11.8 Å². The van der Waals surface area contributed by atoms with E-state index in [0.717, 1.165) is 4.53 Å². The highest BCUT2D eigenvalue weighted by molar-refractivity contribution is 8.05. The summed E-state index contributed by atoms with van der Waals surface area (Å²) in [6.45, 7) is 14.2. The van der Waals surface area contributed by atoms with Crippen molar-refractivity contribution in [3.05, 3.63) is 40.9 Å². The Morgan fingerprint density at radius 2 is 1.43 bits per heavy atom. The van der Waals surface area contributed by atoms with Crippen LogP contribution < -0.4 is 0 Å². The minimum Gasteiger partial charge on any atom is -0.370 e. The Morgan fingerprint density at radius 1 is 0.957 bits per heavy atom. The standard InChI is InChI=1S/C18H30O3SSi/c1-7-19-23(20-8-2,21-9-3)17(15-18(4,5)6)22-16-13-11-10-12-14-16/h10-15H,7-9H2,1-6H3/b17-15+. The Hall–Kier alpha value is -0.593. The van der Waals surface area contributed by atoms with Gasteiger partial charge in [-0.2, -0.15) is 0 Å². The van der Waals surface area contributed by atoms with Crippen molar-refractivity contribution in [1.29, 1.82) is 0 Å². The molecule has 0 heterocycles. The van der Waals surface area contributed by atoms with Crippen molar-refractivity contribution in [2.24, 2.45) is 5.41 Å². The van der Waals surface area contributed by atoms with Gasteiger partial charge in [0, 0.05) is 24.7 Å². The lowest BCUT2D eigenvalue weighted by molar-refractivity contribution is 0.0829. The smallest absolute Gasteiger partial charge is 0.370 e. The summed E-state index contributed by atoms with van der Waals surface area (Å²) in [5.41, 5.74) is 0.0146. The highest BCUT2D eigenvalue weighted by Gasteiger charge is 2.46. The summed E-state index contributed by atoms with van der Waals surface area (Å²) >= 11 is 1.69. The van der Waals surface area contributed by atoms with Gasteiger partial charge in [-0.05, 0) is 38.3 Å². The maximum atomic E-state index is 6.10. The second kappa shape index (κ2) is 9.64. The molecule has 0 fully saturated rings. The average Bonchev–Trinajstić information content (AvgIpc) is 2.47. The van der Waals surface area contributed by atoms with Gasteiger partial charge in [0.2, 0.25) is 0 Å². The molecule has 0 aliphatic carbocycles. The zero-order chi connectivity index (χ0) is 17.3. The third-order valence-electron chi connectivity index (χ3n) is 2.84. The molecule has 0 aliphatic heterocycles. The molecule has 0 saturated heterocycles. The van der Waals surface area contributed by atoms with Crippen LogP contribution in [0.2, 0.25) is 0 Å². The molecule has 0 atom stereocenters. The normalized spacial score (nSPS) is 13.4. The van der Waals surface area contributed by atoms with Gasteiger partial charge in [0.1, 0.15) is 0 Å². The van der Waals surface area contributed by atoms with Crippen LogP contribution in [-0.2, 0) is 13.3 Å². The van der Waals surface area contributed by atoms with Crippen molar-refractivity contribution in [3.8, 4) is 0 Å². The molecular weight excluding hydrogens is 324 g/mol. The Morgan fingerprint density at radius 3 is 1.83 bits per heavy atom. The average molecular weight is 355 g/mol. The van der Waals surface area contributed by atoms with E-state index in [2.05, 4.69) is 39.0 Å². The minimum atomic E-state index is -2.89. The largest absolute Gasteiger partial charge is 0.543 e. The molecule has 0 aliphatic rings. The summed E-state index contributed by atoms with van der Waals surface area (Å²) in [4.78, 5) is 1.17. The molecule has 3 nitrogen and oxygen atoms in total. The van der Waals surface area contributed by atoms with E-state index in [0.29, 0.717) is 19.8 Å². The van der Waals surface area contributed by atoms with Crippen LogP contribution in [0.1, 0.15) is 41.5 Å². The van der Waals surface area contributed by atoms with E-state index in [1.54, 1.807) is 11.8 Å². The number of allylic oxidation sites excluding steroid dienone is 1. The highest BCUT2D eigenvalue weighted by Crippen LogP contribution is 2.38. The summed E-state index contributed by atoms with van der Waals surface area (Å²) in [5, 5.41) is 0. The summed E-state index contributed by atoms with van der Waals surface area (Å²) in [7, 11) is -2.89. The lowest BCUT2D eigenvalue weighted by atomic mass is 9.98. The van der Waals surface area contributed by atoms with Gasteiger partial charge >= 0.3 is 8.80 Å². The molecule has 0 saturated carbocycles. The Balaban J connectivity index is 3.29. The first-order chi connectivity index (χ1) is 10.9. The van der Waals surface area contributed by atoms with Gasteiger partial charge in [0.25, 0.3) is 0 Å². The highest BCUT2D eigenvalue weighted by atomic mass is 32.2. The van der Waals surface area contributed by atoms with E-state index in [1.165, 1.54) is 4.90 Å². The van der Waals surface area contributed by atoms with Crippen molar-refractivity contribution in [2.45, 2.75) is 46.4 Å². The van der Waals surface area contributed by atoms with Gasteiger partial charge in [-0.3, -0.25) is 0 Å². The number of thioether (sulfide) groups is 1. The first-order valence-corrected chi connectivity index (χ1v) is 10.8. The number of rotatable bonds is 9. The third-order valence-corrected chi connectivity index (χ3v) is 7.50. The molecule has 0 amide bonds. The first kappa shape index (κ1) is 20.5. The summed E-state index contributed by atoms with van der Waals surface area (Å²) < 4.78 is 19.4. The summed E-state index contributed by atoms with van der Waals surface area (Å²) in [5.74, 6) is 0. The molecule has 0 bridgehead atoms. The third kappa shape index (κ3) is 6.81. The summed E-state index contributed by atoms with van der Waals surface area (Å²) in [6, 6.07) is 10.3. The predicted octanol–water partition coefficient (Wildman–Crippen LogP) is 5.30. The maximum Gasteiger partial charge on any atom is 0.543 e. The van der Waals surface area contributed by atoms with Gasteiger partial charge < -0.3 is 13.3 Å². The topological polar surface area (TPSA) is 27.7 Å². The molecule has 5 heteroatoms. The Kier molecular flexibility index (Phi) is 8.57. The number of hydrogen-bond donors (Lipinski definition) is 0. The zero-order valence-electron chi connectivity index (χ0n) is 15.2. The van der Waals surface area contributed by atoms with Crippen molar-refractivity contribution in [2.75, 3.05) is 19.8 Å². The molecule has 0 radical (unpaired) electrons. The fourth-order valence-corrected chi connectivity index (χ4v) is 6.87. The van der Waals surface area contributed by atoms with Crippen LogP contribution in [0.4, 0.5) is 0 Å². The van der Waals surface area contributed by atoms with Crippen LogP contribution in [0.15, 0.2) is 45.8 Å². The van der Waals surface area contributed by atoms with Crippen LogP contribution in [-0.4, -0.2) is 28.6 Å². The van der Waals surface area contributed by atoms with E-state index in [-0.39, 0.29) is 5.41 Å². The van der Waals surface area contributed by atoms with E-state index < -0.39 is 8.80 Å². The monoisotopic (exact) mass is 354 g/mol. The number of benzene rings is 1.